The van der Waals surface area contributed by atoms with Crippen LogP contribution < -0.4 is 0 Å². The van der Waals surface area contributed by atoms with Gasteiger partial charge in [0.1, 0.15) is 0 Å². The second kappa shape index (κ2) is 9.57. The standard InChI is InChI=1S/C43H41N/c1-23(2)28-9-11-30-21-40-36(17-33(30)15-28)38-19-35(42-26(7)13-32(25(5)6)14-27(42)8)20-39-37-18-34-16-29(24(3)4)10-12-31(34)22-41(37)44(40)43(38)39/h9-25H,1-8H3. The smallest absolute Gasteiger partial charge is 0.0620 e. The van der Waals surface area contributed by atoms with Gasteiger partial charge in [-0.15, -0.1) is 0 Å². The van der Waals surface area contributed by atoms with Gasteiger partial charge in [-0.25, -0.2) is 0 Å². The van der Waals surface area contributed by atoms with Crippen molar-refractivity contribution >= 4 is 59.6 Å². The molecule has 44 heavy (non-hydrogen) atoms. The van der Waals surface area contributed by atoms with E-state index in [9.17, 15) is 0 Å². The lowest BCUT2D eigenvalue weighted by molar-refractivity contribution is 0.863. The van der Waals surface area contributed by atoms with Crippen LogP contribution >= 0.6 is 0 Å². The van der Waals surface area contributed by atoms with Crippen molar-refractivity contribution < 1.29 is 0 Å². The topological polar surface area (TPSA) is 4.41 Å². The molecule has 0 fully saturated rings. The molecule has 8 aromatic rings. The Bertz CT molecular complexity index is 2270. The van der Waals surface area contributed by atoms with Gasteiger partial charge in [-0.3, -0.25) is 0 Å². The summed E-state index contributed by atoms with van der Waals surface area (Å²) in [6, 6.07) is 33.5. The van der Waals surface area contributed by atoms with E-state index in [4.69, 9.17) is 0 Å². The van der Waals surface area contributed by atoms with Crippen molar-refractivity contribution in [3.8, 4) is 11.1 Å². The van der Waals surface area contributed by atoms with Crippen LogP contribution in [-0.2, 0) is 0 Å². The molecule has 6 aromatic carbocycles. The fourth-order valence-corrected chi connectivity index (χ4v) is 7.71. The zero-order valence-electron chi connectivity index (χ0n) is 27.3. The highest BCUT2D eigenvalue weighted by atomic mass is 14.9. The van der Waals surface area contributed by atoms with Crippen LogP contribution in [0.5, 0.6) is 0 Å². The quantitative estimate of drug-likeness (QED) is 0.198. The first-order valence-corrected chi connectivity index (χ1v) is 16.3. The normalized spacial score (nSPS) is 12.7. The van der Waals surface area contributed by atoms with Gasteiger partial charge < -0.3 is 4.40 Å². The van der Waals surface area contributed by atoms with Crippen LogP contribution in [0.3, 0.4) is 0 Å². The minimum Gasteiger partial charge on any atom is -0.308 e. The Balaban J connectivity index is 1.53. The van der Waals surface area contributed by atoms with Gasteiger partial charge in [0.25, 0.3) is 0 Å². The first kappa shape index (κ1) is 27.2. The molecule has 0 unspecified atom stereocenters. The molecule has 2 heterocycles. The molecule has 0 aliphatic heterocycles. The Morgan fingerprint density at radius 1 is 0.432 bits per heavy atom. The van der Waals surface area contributed by atoms with Crippen LogP contribution in [0.2, 0.25) is 0 Å². The number of hydrogen-bond acceptors (Lipinski definition) is 0. The third-order valence-electron chi connectivity index (χ3n) is 10.2. The molecule has 1 nitrogen and oxygen atoms in total. The molecule has 0 saturated carbocycles. The van der Waals surface area contributed by atoms with Gasteiger partial charge in [-0.1, -0.05) is 90.1 Å². The van der Waals surface area contributed by atoms with E-state index < -0.39 is 0 Å². The molecule has 1 heteroatoms. The third-order valence-corrected chi connectivity index (χ3v) is 10.2. The number of hydrogen-bond donors (Lipinski definition) is 0. The van der Waals surface area contributed by atoms with Gasteiger partial charge in [-0.2, -0.15) is 0 Å². The summed E-state index contributed by atoms with van der Waals surface area (Å²) < 4.78 is 2.55. The fourth-order valence-electron chi connectivity index (χ4n) is 7.71. The highest BCUT2D eigenvalue weighted by molar-refractivity contribution is 6.27. The highest BCUT2D eigenvalue weighted by Crippen LogP contribution is 2.45. The monoisotopic (exact) mass is 571 g/mol. The van der Waals surface area contributed by atoms with Crippen molar-refractivity contribution in [3.05, 3.63) is 113 Å². The van der Waals surface area contributed by atoms with Gasteiger partial charge in [0.2, 0.25) is 0 Å². The van der Waals surface area contributed by atoms with Gasteiger partial charge >= 0.3 is 0 Å². The van der Waals surface area contributed by atoms with Gasteiger partial charge in [-0.05, 0) is 128 Å². The van der Waals surface area contributed by atoms with Crippen molar-refractivity contribution in [2.45, 2.75) is 73.1 Å². The Morgan fingerprint density at radius 2 is 0.886 bits per heavy atom. The van der Waals surface area contributed by atoms with Gasteiger partial charge in [0.15, 0.2) is 0 Å². The van der Waals surface area contributed by atoms with Crippen LogP contribution in [0.4, 0.5) is 0 Å². The Labute approximate surface area is 260 Å². The van der Waals surface area contributed by atoms with Crippen molar-refractivity contribution in [1.82, 2.24) is 4.40 Å². The fraction of sp³-hybridized carbons (Fsp3) is 0.256. The van der Waals surface area contributed by atoms with E-state index >= 15 is 0 Å². The van der Waals surface area contributed by atoms with Gasteiger partial charge in [0.05, 0.1) is 16.6 Å². The number of fused-ring (bicyclic) bond motifs is 8. The average Bonchev–Trinajstić information content (AvgIpc) is 3.47. The predicted octanol–water partition coefficient (Wildman–Crippen LogP) is 12.8. The summed E-state index contributed by atoms with van der Waals surface area (Å²) in [6.07, 6.45) is 0. The number of benzene rings is 6. The Hall–Kier alpha value is -4.36. The summed E-state index contributed by atoms with van der Waals surface area (Å²) in [5.41, 5.74) is 13.5. The zero-order valence-corrected chi connectivity index (χ0v) is 27.3. The molecule has 0 bridgehead atoms. The van der Waals surface area contributed by atoms with Crippen LogP contribution in [0.15, 0.2) is 84.9 Å². The minimum atomic E-state index is 0.504. The predicted molar refractivity (Wildman–Crippen MR) is 193 cm³/mol. The second-order valence-corrected chi connectivity index (χ2v) is 14.2. The molecule has 2 aromatic heterocycles. The largest absolute Gasteiger partial charge is 0.308 e. The van der Waals surface area contributed by atoms with Crippen LogP contribution in [0.25, 0.3) is 70.8 Å². The maximum Gasteiger partial charge on any atom is 0.0620 e. The lowest BCUT2D eigenvalue weighted by atomic mass is 9.89. The van der Waals surface area contributed by atoms with Crippen LogP contribution in [0, 0.1) is 13.8 Å². The molecular formula is C43H41N. The number of aromatic nitrogens is 1. The van der Waals surface area contributed by atoms with Crippen molar-refractivity contribution in [3.63, 3.8) is 0 Å². The van der Waals surface area contributed by atoms with E-state index in [-0.39, 0.29) is 0 Å². The molecule has 0 radical (unpaired) electrons. The van der Waals surface area contributed by atoms with Crippen molar-refractivity contribution in [1.29, 1.82) is 0 Å². The maximum atomic E-state index is 2.55. The molecule has 0 atom stereocenters. The summed E-state index contributed by atoms with van der Waals surface area (Å²) in [7, 11) is 0. The summed E-state index contributed by atoms with van der Waals surface area (Å²) >= 11 is 0. The number of rotatable bonds is 4. The second-order valence-electron chi connectivity index (χ2n) is 14.2. The van der Waals surface area contributed by atoms with E-state index in [0.29, 0.717) is 17.8 Å². The molecule has 8 rings (SSSR count). The summed E-state index contributed by atoms with van der Waals surface area (Å²) in [5, 5.41) is 10.6. The Morgan fingerprint density at radius 3 is 1.32 bits per heavy atom. The molecule has 0 spiro atoms. The van der Waals surface area contributed by atoms with E-state index in [0.717, 1.165) is 0 Å². The zero-order chi connectivity index (χ0) is 30.6. The van der Waals surface area contributed by atoms with E-state index in [2.05, 4.69) is 145 Å². The molecular weight excluding hydrogens is 530 g/mol. The lowest BCUT2D eigenvalue weighted by Crippen LogP contribution is -1.94. The number of aryl methyl sites for hydroxylation is 2. The SMILES string of the molecule is Cc1cc(C(C)C)cc(C)c1-c1cc2c3cc4cc(C(C)C)ccc4cc3n3c4cc5ccc(C(C)C)cc5cc4c(c1)c23. The average molecular weight is 572 g/mol. The molecule has 0 N–H and O–H groups in total. The van der Waals surface area contributed by atoms with Crippen LogP contribution in [-0.4, -0.2) is 4.40 Å². The van der Waals surface area contributed by atoms with E-state index in [1.807, 2.05) is 0 Å². The minimum absolute atomic E-state index is 0.504. The van der Waals surface area contributed by atoms with Crippen molar-refractivity contribution in [2.24, 2.45) is 0 Å². The first-order chi connectivity index (χ1) is 21.1. The molecule has 0 aliphatic carbocycles. The molecule has 218 valence electrons. The first-order valence-electron chi connectivity index (χ1n) is 16.3. The summed E-state index contributed by atoms with van der Waals surface area (Å²) in [5.74, 6) is 1.52. The molecule has 0 aliphatic rings. The van der Waals surface area contributed by atoms with Crippen LogP contribution in [0.1, 0.15) is 87.1 Å². The highest BCUT2D eigenvalue weighted by Gasteiger charge is 2.21. The summed E-state index contributed by atoms with van der Waals surface area (Å²) in [4.78, 5) is 0. The van der Waals surface area contributed by atoms with E-state index in [1.54, 1.807) is 0 Å². The maximum absolute atomic E-state index is 2.55. The lowest BCUT2D eigenvalue weighted by Gasteiger charge is -2.15. The molecule has 0 saturated heterocycles. The molecule has 0 amide bonds. The summed E-state index contributed by atoms with van der Waals surface area (Å²) in [6.45, 7) is 18.3. The van der Waals surface area contributed by atoms with E-state index in [1.165, 1.54) is 98.6 Å². The van der Waals surface area contributed by atoms with Gasteiger partial charge in [0, 0.05) is 21.5 Å². The van der Waals surface area contributed by atoms with Crippen molar-refractivity contribution in [2.75, 3.05) is 0 Å². The Kier molecular flexibility index (Phi) is 5.92. The number of nitrogens with zero attached hydrogens (tertiary/aromatic N) is 1. The third kappa shape index (κ3) is 3.91.